The molecule has 2 aliphatic rings. The van der Waals surface area contributed by atoms with Crippen molar-refractivity contribution in [2.75, 3.05) is 0 Å². The number of benzene rings is 1. The fourth-order valence-corrected chi connectivity index (χ4v) is 3.73. The fourth-order valence-electron chi connectivity index (χ4n) is 3.73. The molecule has 1 aromatic carbocycles. The number of hydrogen-bond acceptors (Lipinski definition) is 2. The second-order valence-corrected chi connectivity index (χ2v) is 5.91. The average Bonchev–Trinajstić information content (AvgIpc) is 2.62. The van der Waals surface area contributed by atoms with Gasteiger partial charge >= 0.3 is 0 Å². The Morgan fingerprint density at radius 2 is 1.84 bits per heavy atom. The molecule has 1 amide bonds. The predicted octanol–water partition coefficient (Wildman–Crippen LogP) is 2.32. The van der Waals surface area contributed by atoms with Gasteiger partial charge in [0.25, 0.3) is 0 Å². The Kier molecular flexibility index (Phi) is 3.56. The van der Waals surface area contributed by atoms with Gasteiger partial charge in [0.1, 0.15) is 0 Å². The van der Waals surface area contributed by atoms with Crippen LogP contribution < -0.4 is 5.32 Å². The Bertz CT molecular complexity index is 431. The van der Waals surface area contributed by atoms with E-state index < -0.39 is 0 Å². The minimum absolute atomic E-state index is 0.112. The van der Waals surface area contributed by atoms with Crippen LogP contribution in [-0.4, -0.2) is 28.9 Å². The highest BCUT2D eigenvalue weighted by Gasteiger charge is 2.40. The minimum Gasteiger partial charge on any atom is -0.353 e. The van der Waals surface area contributed by atoms with Crippen LogP contribution in [-0.2, 0) is 11.3 Å². The summed E-state index contributed by atoms with van der Waals surface area (Å²) in [4.78, 5) is 13.8. The summed E-state index contributed by atoms with van der Waals surface area (Å²) in [5.74, 6) is 0.112. The number of piperidine rings is 1. The number of nitrogens with one attached hydrogen (secondary N) is 1. The van der Waals surface area contributed by atoms with E-state index in [1.165, 1.54) is 18.4 Å². The molecule has 2 unspecified atom stereocenters. The number of amides is 1. The lowest BCUT2D eigenvalue weighted by Gasteiger charge is -2.39. The van der Waals surface area contributed by atoms with Crippen molar-refractivity contribution in [2.45, 2.75) is 57.3 Å². The molecule has 3 nitrogen and oxygen atoms in total. The summed E-state index contributed by atoms with van der Waals surface area (Å²) >= 11 is 0. The lowest BCUT2D eigenvalue weighted by atomic mass is 9.96. The Hall–Kier alpha value is -1.35. The Labute approximate surface area is 115 Å². The molecule has 1 N–H and O–H groups in total. The molecule has 2 aliphatic heterocycles. The van der Waals surface area contributed by atoms with E-state index in [9.17, 15) is 4.79 Å². The Balaban J connectivity index is 1.65. The first-order chi connectivity index (χ1) is 9.22. The van der Waals surface area contributed by atoms with E-state index in [1.54, 1.807) is 6.92 Å². The maximum atomic E-state index is 11.2. The second-order valence-electron chi connectivity index (χ2n) is 5.91. The van der Waals surface area contributed by atoms with Crippen LogP contribution >= 0.6 is 0 Å². The molecule has 3 rings (SSSR count). The normalized spacial score (nSPS) is 30.3. The Morgan fingerprint density at radius 3 is 2.42 bits per heavy atom. The Morgan fingerprint density at radius 1 is 1.21 bits per heavy atom. The topological polar surface area (TPSA) is 32.3 Å². The van der Waals surface area contributed by atoms with Crippen LogP contribution in [0.3, 0.4) is 0 Å². The van der Waals surface area contributed by atoms with Crippen molar-refractivity contribution in [3.63, 3.8) is 0 Å². The van der Waals surface area contributed by atoms with Gasteiger partial charge in [-0.25, -0.2) is 0 Å². The maximum absolute atomic E-state index is 11.2. The number of nitrogens with zero attached hydrogens (tertiary/aromatic N) is 1. The molecular formula is C16H22N2O. The second kappa shape index (κ2) is 5.33. The maximum Gasteiger partial charge on any atom is 0.217 e. The van der Waals surface area contributed by atoms with Crippen molar-refractivity contribution in [3.8, 4) is 0 Å². The lowest BCUT2D eigenvalue weighted by molar-refractivity contribution is -0.120. The predicted molar refractivity (Wildman–Crippen MR) is 75.6 cm³/mol. The molecule has 0 spiro atoms. The molecule has 0 radical (unpaired) electrons. The molecule has 102 valence electrons. The summed E-state index contributed by atoms with van der Waals surface area (Å²) in [6.45, 7) is 2.68. The third-order valence-corrected chi connectivity index (χ3v) is 4.50. The quantitative estimate of drug-likeness (QED) is 0.902. The van der Waals surface area contributed by atoms with Crippen LogP contribution in [0.2, 0.25) is 0 Å². The van der Waals surface area contributed by atoms with E-state index in [2.05, 4.69) is 40.5 Å². The van der Waals surface area contributed by atoms with Crippen molar-refractivity contribution in [1.29, 1.82) is 0 Å². The first kappa shape index (κ1) is 12.7. The zero-order valence-electron chi connectivity index (χ0n) is 11.5. The molecule has 2 saturated heterocycles. The van der Waals surface area contributed by atoms with Crippen molar-refractivity contribution >= 4 is 5.91 Å². The first-order valence-corrected chi connectivity index (χ1v) is 7.29. The van der Waals surface area contributed by atoms with E-state index in [1.807, 2.05) is 0 Å². The van der Waals surface area contributed by atoms with Crippen LogP contribution in [0.5, 0.6) is 0 Å². The smallest absolute Gasteiger partial charge is 0.217 e. The lowest BCUT2D eigenvalue weighted by Crippen LogP contribution is -2.49. The monoisotopic (exact) mass is 258 g/mol. The van der Waals surface area contributed by atoms with Gasteiger partial charge in [0.2, 0.25) is 5.91 Å². The van der Waals surface area contributed by atoms with Gasteiger partial charge in [-0.2, -0.15) is 0 Å². The summed E-state index contributed by atoms with van der Waals surface area (Å²) in [7, 11) is 0. The van der Waals surface area contributed by atoms with Gasteiger partial charge in [0.15, 0.2) is 0 Å². The molecule has 1 aromatic rings. The molecule has 2 fully saturated rings. The van der Waals surface area contributed by atoms with E-state index in [4.69, 9.17) is 0 Å². The highest BCUT2D eigenvalue weighted by molar-refractivity contribution is 5.73. The van der Waals surface area contributed by atoms with Gasteiger partial charge in [-0.15, -0.1) is 0 Å². The van der Waals surface area contributed by atoms with Gasteiger partial charge in [0.05, 0.1) is 0 Å². The third kappa shape index (κ3) is 2.81. The fraction of sp³-hybridized carbons (Fsp3) is 0.562. The standard InChI is InChI=1S/C16H22N2O/c1-12(19)17-14-9-15-7-8-16(10-14)18(15)11-13-5-3-2-4-6-13/h2-6,14-16H,7-11H2,1H3,(H,17,19)/t14?,15-,16?/m1/s1. The zero-order valence-corrected chi connectivity index (χ0v) is 11.5. The van der Waals surface area contributed by atoms with E-state index in [0.29, 0.717) is 18.1 Å². The SMILES string of the molecule is CC(=O)NC1CC2CC[C@H](C1)N2Cc1ccccc1. The van der Waals surface area contributed by atoms with Gasteiger partial charge in [-0.1, -0.05) is 30.3 Å². The van der Waals surface area contributed by atoms with Gasteiger partial charge < -0.3 is 5.32 Å². The molecule has 2 heterocycles. The summed E-state index contributed by atoms with van der Waals surface area (Å²) in [5.41, 5.74) is 1.40. The molecule has 0 aliphatic carbocycles. The van der Waals surface area contributed by atoms with Crippen LogP contribution in [0.1, 0.15) is 38.2 Å². The molecule has 0 saturated carbocycles. The summed E-state index contributed by atoms with van der Waals surface area (Å²) in [6, 6.07) is 12.4. The number of carbonyl (C=O) groups is 1. The van der Waals surface area contributed by atoms with Crippen LogP contribution in [0.15, 0.2) is 30.3 Å². The molecule has 0 aromatic heterocycles. The van der Waals surface area contributed by atoms with Crippen LogP contribution in [0.25, 0.3) is 0 Å². The number of fused-ring (bicyclic) bond motifs is 2. The molecule has 3 heteroatoms. The highest BCUT2D eigenvalue weighted by atomic mass is 16.1. The van der Waals surface area contributed by atoms with Gasteiger partial charge in [-0.05, 0) is 31.2 Å². The van der Waals surface area contributed by atoms with Crippen molar-refractivity contribution in [1.82, 2.24) is 10.2 Å². The first-order valence-electron chi connectivity index (χ1n) is 7.29. The number of rotatable bonds is 3. The third-order valence-electron chi connectivity index (χ3n) is 4.50. The van der Waals surface area contributed by atoms with Crippen LogP contribution in [0.4, 0.5) is 0 Å². The zero-order chi connectivity index (χ0) is 13.2. The minimum atomic E-state index is 0.112. The largest absolute Gasteiger partial charge is 0.353 e. The van der Waals surface area contributed by atoms with Gasteiger partial charge in [-0.3, -0.25) is 9.69 Å². The van der Waals surface area contributed by atoms with E-state index in [-0.39, 0.29) is 5.91 Å². The van der Waals surface area contributed by atoms with E-state index in [0.717, 1.165) is 19.4 Å². The van der Waals surface area contributed by atoms with Crippen molar-refractivity contribution in [2.24, 2.45) is 0 Å². The molecular weight excluding hydrogens is 236 g/mol. The van der Waals surface area contributed by atoms with Crippen molar-refractivity contribution < 1.29 is 4.79 Å². The molecule has 19 heavy (non-hydrogen) atoms. The highest BCUT2D eigenvalue weighted by Crippen LogP contribution is 2.36. The summed E-state index contributed by atoms with van der Waals surface area (Å²) in [6.07, 6.45) is 4.80. The molecule has 3 atom stereocenters. The van der Waals surface area contributed by atoms with Crippen molar-refractivity contribution in [3.05, 3.63) is 35.9 Å². The van der Waals surface area contributed by atoms with E-state index >= 15 is 0 Å². The number of hydrogen-bond donors (Lipinski definition) is 1. The summed E-state index contributed by atoms with van der Waals surface area (Å²) < 4.78 is 0. The number of carbonyl (C=O) groups excluding carboxylic acids is 1. The summed E-state index contributed by atoms with van der Waals surface area (Å²) in [5, 5.41) is 3.10. The van der Waals surface area contributed by atoms with Crippen LogP contribution in [0, 0.1) is 0 Å². The average molecular weight is 258 g/mol. The molecule has 2 bridgehead atoms. The van der Waals surface area contributed by atoms with Gasteiger partial charge in [0, 0.05) is 31.6 Å².